The third-order valence-corrected chi connectivity index (χ3v) is 2.86. The highest BCUT2D eigenvalue weighted by Crippen LogP contribution is 2.31. The van der Waals surface area contributed by atoms with Crippen LogP contribution in [-0.4, -0.2) is 13.0 Å². The van der Waals surface area contributed by atoms with Crippen molar-refractivity contribution in [2.45, 2.75) is 19.9 Å². The van der Waals surface area contributed by atoms with Gasteiger partial charge in [-0.25, -0.2) is 0 Å². The second-order valence-electron chi connectivity index (χ2n) is 4.48. The summed E-state index contributed by atoms with van der Waals surface area (Å²) in [5, 5.41) is 6.05. The van der Waals surface area contributed by atoms with Crippen LogP contribution in [0.1, 0.15) is 25.6 Å². The van der Waals surface area contributed by atoms with E-state index in [0.29, 0.717) is 11.4 Å². The first-order valence-corrected chi connectivity index (χ1v) is 6.35. The van der Waals surface area contributed by atoms with Gasteiger partial charge in [-0.2, -0.15) is 0 Å². The van der Waals surface area contributed by atoms with E-state index < -0.39 is 0 Å². The molecule has 0 aliphatic rings. The number of hydrogen-bond acceptors (Lipinski definition) is 4. The number of rotatable bonds is 5. The summed E-state index contributed by atoms with van der Waals surface area (Å²) in [6.45, 7) is 3.46. The van der Waals surface area contributed by atoms with Gasteiger partial charge in [0.15, 0.2) is 0 Å². The fraction of sp³-hybridized carbons (Fsp3) is 0.267. The van der Waals surface area contributed by atoms with Crippen LogP contribution >= 0.6 is 0 Å². The number of anilines is 2. The van der Waals surface area contributed by atoms with E-state index in [4.69, 9.17) is 9.15 Å². The molecule has 1 amide bonds. The average molecular weight is 274 g/mol. The number of nitrogens with one attached hydrogen (secondary N) is 2. The van der Waals surface area contributed by atoms with Crippen molar-refractivity contribution in [1.82, 2.24) is 0 Å². The summed E-state index contributed by atoms with van der Waals surface area (Å²) < 4.78 is 10.7. The molecule has 0 saturated carbocycles. The fourth-order valence-electron chi connectivity index (χ4n) is 1.94. The standard InChI is InChI=1S/C15H18N2O3/c1-10(14-5-4-8-20-14)16-13-9-12(17-11(2)18)6-7-15(13)19-3/h4-10,16H,1-3H3,(H,17,18). The van der Waals surface area contributed by atoms with Gasteiger partial charge in [0, 0.05) is 12.6 Å². The minimum atomic E-state index is -0.111. The van der Waals surface area contributed by atoms with Crippen LogP contribution in [-0.2, 0) is 4.79 Å². The smallest absolute Gasteiger partial charge is 0.221 e. The zero-order chi connectivity index (χ0) is 14.5. The molecule has 20 heavy (non-hydrogen) atoms. The Morgan fingerprint density at radius 2 is 2.15 bits per heavy atom. The normalized spacial score (nSPS) is 11.8. The highest BCUT2D eigenvalue weighted by molar-refractivity contribution is 5.89. The zero-order valence-corrected chi connectivity index (χ0v) is 11.8. The Labute approximate surface area is 117 Å². The van der Waals surface area contributed by atoms with Crippen molar-refractivity contribution in [2.75, 3.05) is 17.7 Å². The molecule has 2 rings (SSSR count). The largest absolute Gasteiger partial charge is 0.495 e. The fourth-order valence-corrected chi connectivity index (χ4v) is 1.94. The number of methoxy groups -OCH3 is 1. The molecule has 0 radical (unpaired) electrons. The van der Waals surface area contributed by atoms with Gasteiger partial charge in [0.25, 0.3) is 0 Å². The summed E-state index contributed by atoms with van der Waals surface area (Å²) in [6, 6.07) is 9.18. The molecule has 1 aromatic carbocycles. The number of carbonyl (C=O) groups is 1. The quantitative estimate of drug-likeness (QED) is 0.877. The number of furan rings is 1. The highest BCUT2D eigenvalue weighted by Gasteiger charge is 2.12. The number of carbonyl (C=O) groups excluding carboxylic acids is 1. The molecule has 0 aliphatic heterocycles. The summed E-state index contributed by atoms with van der Waals surface area (Å²) in [6.07, 6.45) is 1.64. The second kappa shape index (κ2) is 6.14. The lowest BCUT2D eigenvalue weighted by atomic mass is 10.2. The van der Waals surface area contributed by atoms with E-state index in [1.165, 1.54) is 6.92 Å². The van der Waals surface area contributed by atoms with Crippen molar-refractivity contribution in [3.05, 3.63) is 42.4 Å². The van der Waals surface area contributed by atoms with Gasteiger partial charge in [-0.3, -0.25) is 4.79 Å². The first-order valence-electron chi connectivity index (χ1n) is 6.35. The topological polar surface area (TPSA) is 63.5 Å². The molecule has 0 aliphatic carbocycles. The number of amides is 1. The minimum absolute atomic E-state index is 0.00789. The molecule has 1 heterocycles. The molecule has 0 spiro atoms. The van der Waals surface area contributed by atoms with Gasteiger partial charge in [-0.15, -0.1) is 0 Å². The third-order valence-electron chi connectivity index (χ3n) is 2.86. The summed E-state index contributed by atoms with van der Waals surface area (Å²) in [5.41, 5.74) is 1.51. The Balaban J connectivity index is 2.21. The molecule has 106 valence electrons. The summed E-state index contributed by atoms with van der Waals surface area (Å²) in [4.78, 5) is 11.1. The Kier molecular flexibility index (Phi) is 4.30. The van der Waals surface area contributed by atoms with Gasteiger partial charge in [0.1, 0.15) is 11.5 Å². The molecule has 2 aromatic rings. The summed E-state index contributed by atoms with van der Waals surface area (Å²) >= 11 is 0. The lowest BCUT2D eigenvalue weighted by Gasteiger charge is -2.17. The van der Waals surface area contributed by atoms with Crippen LogP contribution in [0.5, 0.6) is 5.75 Å². The lowest BCUT2D eigenvalue weighted by Crippen LogP contribution is -2.09. The van der Waals surface area contributed by atoms with Crippen LogP contribution in [0.3, 0.4) is 0 Å². The summed E-state index contributed by atoms with van der Waals surface area (Å²) in [5.74, 6) is 1.43. The summed E-state index contributed by atoms with van der Waals surface area (Å²) in [7, 11) is 1.61. The van der Waals surface area contributed by atoms with Gasteiger partial charge >= 0.3 is 0 Å². The second-order valence-corrected chi connectivity index (χ2v) is 4.48. The predicted molar refractivity (Wildman–Crippen MR) is 78.0 cm³/mol. The highest BCUT2D eigenvalue weighted by atomic mass is 16.5. The van der Waals surface area contributed by atoms with E-state index >= 15 is 0 Å². The molecule has 2 N–H and O–H groups in total. The van der Waals surface area contributed by atoms with Crippen molar-refractivity contribution in [3.8, 4) is 5.75 Å². The minimum Gasteiger partial charge on any atom is -0.495 e. The van der Waals surface area contributed by atoms with Crippen LogP contribution in [0.4, 0.5) is 11.4 Å². The monoisotopic (exact) mass is 274 g/mol. The molecule has 5 nitrogen and oxygen atoms in total. The van der Waals surface area contributed by atoms with Crippen molar-refractivity contribution in [1.29, 1.82) is 0 Å². The van der Waals surface area contributed by atoms with Gasteiger partial charge in [-0.05, 0) is 37.3 Å². The molecule has 1 unspecified atom stereocenters. The van der Waals surface area contributed by atoms with Crippen molar-refractivity contribution in [2.24, 2.45) is 0 Å². The molecule has 0 saturated heterocycles. The Hall–Kier alpha value is -2.43. The van der Waals surface area contributed by atoms with Crippen molar-refractivity contribution in [3.63, 3.8) is 0 Å². The third kappa shape index (κ3) is 3.32. The van der Waals surface area contributed by atoms with Gasteiger partial charge in [-0.1, -0.05) is 0 Å². The maximum Gasteiger partial charge on any atom is 0.221 e. The maximum atomic E-state index is 11.1. The first kappa shape index (κ1) is 14.0. The number of benzene rings is 1. The molecule has 0 bridgehead atoms. The Bertz CT molecular complexity index is 579. The molecule has 1 aromatic heterocycles. The first-order chi connectivity index (χ1) is 9.60. The molecule has 1 atom stereocenters. The van der Waals surface area contributed by atoms with E-state index in [1.54, 1.807) is 19.4 Å². The van der Waals surface area contributed by atoms with Crippen LogP contribution in [0.2, 0.25) is 0 Å². The molecular weight excluding hydrogens is 256 g/mol. The van der Waals surface area contributed by atoms with E-state index in [-0.39, 0.29) is 11.9 Å². The Morgan fingerprint density at radius 1 is 1.35 bits per heavy atom. The van der Waals surface area contributed by atoms with Gasteiger partial charge in [0.2, 0.25) is 5.91 Å². The van der Waals surface area contributed by atoms with Gasteiger partial charge in [0.05, 0.1) is 25.1 Å². The van der Waals surface area contributed by atoms with Gasteiger partial charge < -0.3 is 19.8 Å². The molecule has 0 fully saturated rings. The Morgan fingerprint density at radius 3 is 2.75 bits per heavy atom. The number of hydrogen-bond donors (Lipinski definition) is 2. The van der Waals surface area contributed by atoms with E-state index in [2.05, 4.69) is 10.6 Å². The number of ether oxygens (including phenoxy) is 1. The van der Waals surface area contributed by atoms with Crippen LogP contribution < -0.4 is 15.4 Å². The van der Waals surface area contributed by atoms with Crippen LogP contribution in [0.25, 0.3) is 0 Å². The van der Waals surface area contributed by atoms with Crippen LogP contribution in [0.15, 0.2) is 41.0 Å². The molecule has 5 heteroatoms. The van der Waals surface area contributed by atoms with Crippen molar-refractivity contribution >= 4 is 17.3 Å². The van der Waals surface area contributed by atoms with Crippen molar-refractivity contribution < 1.29 is 13.9 Å². The maximum absolute atomic E-state index is 11.1. The van der Waals surface area contributed by atoms with E-state index in [1.807, 2.05) is 31.2 Å². The lowest BCUT2D eigenvalue weighted by molar-refractivity contribution is -0.114. The average Bonchev–Trinajstić information content (AvgIpc) is 2.92. The predicted octanol–water partition coefficient (Wildman–Crippen LogP) is 3.42. The zero-order valence-electron chi connectivity index (χ0n) is 11.8. The van der Waals surface area contributed by atoms with E-state index in [9.17, 15) is 4.79 Å². The van der Waals surface area contributed by atoms with E-state index in [0.717, 1.165) is 11.4 Å². The van der Waals surface area contributed by atoms with Crippen LogP contribution in [0, 0.1) is 0 Å². The SMILES string of the molecule is COc1ccc(NC(C)=O)cc1NC(C)c1ccco1. The molecular formula is C15H18N2O3.